The summed E-state index contributed by atoms with van der Waals surface area (Å²) in [5, 5.41) is 12.2. The van der Waals surface area contributed by atoms with E-state index in [1.54, 1.807) is 11.8 Å². The van der Waals surface area contributed by atoms with Crippen LogP contribution >= 0.6 is 11.8 Å². The van der Waals surface area contributed by atoms with Crippen molar-refractivity contribution in [3.8, 4) is 11.1 Å². The molecule has 0 aromatic heterocycles. The highest BCUT2D eigenvalue weighted by atomic mass is 32.2. The van der Waals surface area contributed by atoms with Crippen molar-refractivity contribution < 1.29 is 19.4 Å². The first-order chi connectivity index (χ1) is 15.6. The zero-order chi connectivity index (χ0) is 22.5. The number of fused-ring (bicyclic) bond motifs is 3. The summed E-state index contributed by atoms with van der Waals surface area (Å²) in [6.45, 7) is 0.211. The molecule has 0 saturated heterocycles. The number of carbonyl (C=O) groups excluding carboxylic acids is 1. The van der Waals surface area contributed by atoms with E-state index < -0.39 is 18.0 Å². The Labute approximate surface area is 191 Å². The SMILES string of the molecule is CSc1cccc(C[C@@H](CNC(=O)OCC2c3ccccc3-c3ccccc32)C(=O)O)c1. The molecule has 1 aliphatic rings. The number of amides is 1. The Morgan fingerprint density at radius 1 is 1.00 bits per heavy atom. The molecule has 6 heteroatoms. The molecular formula is C26H25NO4S. The van der Waals surface area contributed by atoms with E-state index in [4.69, 9.17) is 4.74 Å². The molecule has 32 heavy (non-hydrogen) atoms. The van der Waals surface area contributed by atoms with Crippen molar-refractivity contribution in [1.82, 2.24) is 5.32 Å². The molecule has 0 aliphatic heterocycles. The Hall–Kier alpha value is -3.25. The van der Waals surface area contributed by atoms with Gasteiger partial charge in [-0.2, -0.15) is 0 Å². The van der Waals surface area contributed by atoms with Crippen LogP contribution < -0.4 is 5.32 Å². The van der Waals surface area contributed by atoms with Gasteiger partial charge in [-0.1, -0.05) is 60.7 Å². The number of ether oxygens (including phenoxy) is 1. The van der Waals surface area contributed by atoms with Crippen LogP contribution in [0.2, 0.25) is 0 Å². The summed E-state index contributed by atoms with van der Waals surface area (Å²) < 4.78 is 5.51. The van der Waals surface area contributed by atoms with E-state index in [-0.39, 0.29) is 19.1 Å². The third kappa shape index (κ3) is 4.81. The Morgan fingerprint density at radius 3 is 2.28 bits per heavy atom. The first kappa shape index (κ1) is 22.0. The van der Waals surface area contributed by atoms with Crippen molar-refractivity contribution in [3.05, 3.63) is 89.5 Å². The first-order valence-corrected chi connectivity index (χ1v) is 11.7. The summed E-state index contributed by atoms with van der Waals surface area (Å²) in [5.74, 6) is -1.70. The molecule has 164 valence electrons. The lowest BCUT2D eigenvalue weighted by atomic mass is 9.98. The highest BCUT2D eigenvalue weighted by Gasteiger charge is 2.29. The molecule has 4 rings (SSSR count). The molecule has 0 spiro atoms. The minimum atomic E-state index is -0.946. The average molecular weight is 448 g/mol. The van der Waals surface area contributed by atoms with E-state index >= 15 is 0 Å². The standard InChI is InChI=1S/C26H25NO4S/c1-32-19-8-6-7-17(14-19)13-18(25(28)29)15-27-26(30)31-16-24-22-11-4-2-9-20(22)21-10-3-5-12-23(21)24/h2-12,14,18,24H,13,15-16H2,1H3,(H,27,30)(H,28,29)/t18-/m0/s1. The van der Waals surface area contributed by atoms with Gasteiger partial charge in [0.15, 0.2) is 0 Å². The molecule has 2 N–H and O–H groups in total. The molecule has 1 atom stereocenters. The van der Waals surface area contributed by atoms with Crippen molar-refractivity contribution in [2.75, 3.05) is 19.4 Å². The number of alkyl carbamates (subject to hydrolysis) is 1. The van der Waals surface area contributed by atoms with Crippen LogP contribution in [0, 0.1) is 5.92 Å². The van der Waals surface area contributed by atoms with Crippen molar-refractivity contribution in [3.63, 3.8) is 0 Å². The van der Waals surface area contributed by atoms with Gasteiger partial charge in [0.2, 0.25) is 0 Å². The number of aliphatic carboxylic acids is 1. The van der Waals surface area contributed by atoms with Crippen molar-refractivity contribution in [2.24, 2.45) is 5.92 Å². The topological polar surface area (TPSA) is 75.6 Å². The molecule has 0 saturated carbocycles. The minimum absolute atomic E-state index is 0.00943. The third-order valence-corrected chi connectivity index (χ3v) is 6.53. The number of carboxylic acids is 1. The number of carbonyl (C=O) groups is 2. The average Bonchev–Trinajstić information content (AvgIpc) is 3.14. The fourth-order valence-electron chi connectivity index (χ4n) is 4.19. The van der Waals surface area contributed by atoms with E-state index in [2.05, 4.69) is 29.6 Å². The minimum Gasteiger partial charge on any atom is -0.481 e. The van der Waals surface area contributed by atoms with Crippen molar-refractivity contribution in [2.45, 2.75) is 17.2 Å². The van der Waals surface area contributed by atoms with Gasteiger partial charge in [0.1, 0.15) is 6.61 Å². The fraction of sp³-hybridized carbons (Fsp3) is 0.231. The first-order valence-electron chi connectivity index (χ1n) is 10.5. The molecule has 3 aromatic rings. The van der Waals surface area contributed by atoms with Gasteiger partial charge in [0.25, 0.3) is 0 Å². The lowest BCUT2D eigenvalue weighted by molar-refractivity contribution is -0.141. The molecule has 1 amide bonds. The second kappa shape index (κ2) is 9.92. The van der Waals surface area contributed by atoms with Gasteiger partial charge < -0.3 is 15.2 Å². The number of carboxylic acid groups (broad SMARTS) is 1. The maximum atomic E-state index is 12.4. The van der Waals surface area contributed by atoms with E-state index in [0.717, 1.165) is 32.7 Å². The second-order valence-electron chi connectivity index (χ2n) is 7.80. The number of benzene rings is 3. The number of thioether (sulfide) groups is 1. The van der Waals surface area contributed by atoms with Crippen LogP contribution in [-0.2, 0) is 16.0 Å². The quantitative estimate of drug-likeness (QED) is 0.465. The van der Waals surface area contributed by atoms with Gasteiger partial charge in [-0.3, -0.25) is 4.79 Å². The Bertz CT molecular complexity index is 1080. The summed E-state index contributed by atoms with van der Waals surface area (Å²) in [5.41, 5.74) is 5.53. The molecule has 0 radical (unpaired) electrons. The third-order valence-electron chi connectivity index (χ3n) is 5.80. The van der Waals surface area contributed by atoms with Crippen LogP contribution in [0.25, 0.3) is 11.1 Å². The Kier molecular flexibility index (Phi) is 6.81. The molecule has 1 aliphatic carbocycles. The lowest BCUT2D eigenvalue weighted by Gasteiger charge is -2.16. The van der Waals surface area contributed by atoms with Crippen LogP contribution in [-0.4, -0.2) is 36.6 Å². The van der Waals surface area contributed by atoms with Gasteiger partial charge in [-0.05, 0) is 52.6 Å². The van der Waals surface area contributed by atoms with Crippen molar-refractivity contribution >= 4 is 23.8 Å². The monoisotopic (exact) mass is 447 g/mol. The maximum absolute atomic E-state index is 12.4. The second-order valence-corrected chi connectivity index (χ2v) is 8.68. The molecule has 5 nitrogen and oxygen atoms in total. The smallest absolute Gasteiger partial charge is 0.407 e. The van der Waals surface area contributed by atoms with Crippen LogP contribution in [0.1, 0.15) is 22.6 Å². The fourth-order valence-corrected chi connectivity index (χ4v) is 4.67. The normalized spacial score (nSPS) is 13.2. The number of hydrogen-bond acceptors (Lipinski definition) is 4. The predicted octanol–water partition coefficient (Wildman–Crippen LogP) is 5.19. The lowest BCUT2D eigenvalue weighted by Crippen LogP contribution is -2.35. The molecule has 0 heterocycles. The highest BCUT2D eigenvalue weighted by molar-refractivity contribution is 7.98. The van der Waals surface area contributed by atoms with Crippen LogP contribution in [0.5, 0.6) is 0 Å². The molecule has 3 aromatic carbocycles. The van der Waals surface area contributed by atoms with Crippen molar-refractivity contribution in [1.29, 1.82) is 0 Å². The van der Waals surface area contributed by atoms with E-state index in [1.807, 2.05) is 54.8 Å². The summed E-state index contributed by atoms with van der Waals surface area (Å²) in [6, 6.07) is 24.1. The molecule has 0 unspecified atom stereocenters. The van der Waals surface area contributed by atoms with Crippen LogP contribution in [0.15, 0.2) is 77.7 Å². The largest absolute Gasteiger partial charge is 0.481 e. The van der Waals surface area contributed by atoms with E-state index in [1.165, 1.54) is 0 Å². The Balaban J connectivity index is 1.36. The van der Waals surface area contributed by atoms with Gasteiger partial charge in [0, 0.05) is 17.4 Å². The van der Waals surface area contributed by atoms with Gasteiger partial charge in [0.05, 0.1) is 5.92 Å². The van der Waals surface area contributed by atoms with Crippen LogP contribution in [0.3, 0.4) is 0 Å². The zero-order valence-electron chi connectivity index (χ0n) is 17.8. The van der Waals surface area contributed by atoms with E-state index in [0.29, 0.717) is 6.42 Å². The zero-order valence-corrected chi connectivity index (χ0v) is 18.6. The van der Waals surface area contributed by atoms with Gasteiger partial charge in [-0.25, -0.2) is 4.79 Å². The maximum Gasteiger partial charge on any atom is 0.407 e. The summed E-state index contributed by atoms with van der Waals surface area (Å²) >= 11 is 1.61. The Morgan fingerprint density at radius 2 is 1.66 bits per heavy atom. The van der Waals surface area contributed by atoms with Gasteiger partial charge in [-0.15, -0.1) is 11.8 Å². The number of nitrogens with one attached hydrogen (secondary N) is 1. The molecular weight excluding hydrogens is 422 g/mol. The number of hydrogen-bond donors (Lipinski definition) is 2. The van der Waals surface area contributed by atoms with E-state index in [9.17, 15) is 14.7 Å². The van der Waals surface area contributed by atoms with Crippen LogP contribution in [0.4, 0.5) is 4.79 Å². The predicted molar refractivity (Wildman–Crippen MR) is 126 cm³/mol. The highest BCUT2D eigenvalue weighted by Crippen LogP contribution is 2.44. The number of rotatable bonds is 8. The summed E-state index contributed by atoms with van der Waals surface area (Å²) in [6.07, 6.45) is 1.72. The summed E-state index contributed by atoms with van der Waals surface area (Å²) in [7, 11) is 0. The summed E-state index contributed by atoms with van der Waals surface area (Å²) in [4.78, 5) is 25.2. The molecule has 0 bridgehead atoms. The molecule has 0 fully saturated rings. The van der Waals surface area contributed by atoms with Gasteiger partial charge >= 0.3 is 12.1 Å².